The summed E-state index contributed by atoms with van der Waals surface area (Å²) in [4.78, 5) is -0.0111. The van der Waals surface area contributed by atoms with Gasteiger partial charge in [0.15, 0.2) is 4.67 Å². The maximum absolute atomic E-state index is 11.9. The van der Waals surface area contributed by atoms with E-state index >= 15 is 0 Å². The molecular formula is C10H16BrNO5S. The standard InChI is InChI=1S/C10H16BrNO5S/c1-2-16-5-3-4-12-18(14,15)9-6-8(7-13)17-10(9)11/h6,12-13H,2-5,7H2,1H3. The molecule has 0 unspecified atom stereocenters. The maximum atomic E-state index is 11.9. The molecule has 18 heavy (non-hydrogen) atoms. The van der Waals surface area contributed by atoms with E-state index < -0.39 is 10.0 Å². The van der Waals surface area contributed by atoms with Crippen molar-refractivity contribution in [2.75, 3.05) is 19.8 Å². The van der Waals surface area contributed by atoms with Crippen molar-refractivity contribution in [1.82, 2.24) is 4.72 Å². The third-order valence-corrected chi connectivity index (χ3v) is 4.43. The van der Waals surface area contributed by atoms with E-state index in [0.29, 0.717) is 19.6 Å². The topological polar surface area (TPSA) is 88.8 Å². The normalized spacial score (nSPS) is 11.9. The van der Waals surface area contributed by atoms with E-state index in [9.17, 15) is 8.42 Å². The first-order valence-corrected chi connectivity index (χ1v) is 7.75. The predicted octanol–water partition coefficient (Wildman–Crippen LogP) is 1.24. The second-order valence-corrected chi connectivity index (χ2v) is 5.91. The van der Waals surface area contributed by atoms with E-state index in [4.69, 9.17) is 14.3 Å². The zero-order valence-electron chi connectivity index (χ0n) is 9.98. The molecule has 1 rings (SSSR count). The minimum Gasteiger partial charge on any atom is -0.450 e. The predicted molar refractivity (Wildman–Crippen MR) is 68.6 cm³/mol. The number of aliphatic hydroxyl groups is 1. The molecule has 0 bridgehead atoms. The molecule has 6 nitrogen and oxygen atoms in total. The molecule has 0 spiro atoms. The first-order chi connectivity index (χ1) is 8.51. The lowest BCUT2D eigenvalue weighted by atomic mass is 10.5. The van der Waals surface area contributed by atoms with Gasteiger partial charge in [0.1, 0.15) is 17.3 Å². The van der Waals surface area contributed by atoms with Crippen LogP contribution >= 0.6 is 15.9 Å². The van der Waals surface area contributed by atoms with Gasteiger partial charge in [-0.1, -0.05) is 0 Å². The van der Waals surface area contributed by atoms with Crippen LogP contribution < -0.4 is 4.72 Å². The van der Waals surface area contributed by atoms with Crippen LogP contribution in [0, 0.1) is 0 Å². The van der Waals surface area contributed by atoms with Gasteiger partial charge in [0.05, 0.1) is 0 Å². The average molecular weight is 342 g/mol. The summed E-state index contributed by atoms with van der Waals surface area (Å²) < 4.78 is 36.4. The molecule has 2 N–H and O–H groups in total. The van der Waals surface area contributed by atoms with Gasteiger partial charge in [-0.2, -0.15) is 0 Å². The summed E-state index contributed by atoms with van der Waals surface area (Å²) in [7, 11) is -3.62. The Bertz CT molecular complexity index is 471. The number of aliphatic hydroxyl groups excluding tert-OH is 1. The van der Waals surface area contributed by atoms with Crippen molar-refractivity contribution in [3.8, 4) is 0 Å². The Morgan fingerprint density at radius 3 is 2.83 bits per heavy atom. The SMILES string of the molecule is CCOCCCNS(=O)(=O)c1cc(CO)oc1Br. The van der Waals surface area contributed by atoms with Crippen LogP contribution in [0.5, 0.6) is 0 Å². The Labute approximate surface area is 115 Å². The lowest BCUT2D eigenvalue weighted by Crippen LogP contribution is -2.25. The number of furan rings is 1. The Hall–Kier alpha value is -0.410. The molecular weight excluding hydrogens is 326 g/mol. The van der Waals surface area contributed by atoms with E-state index in [-0.39, 0.29) is 28.5 Å². The number of ether oxygens (including phenoxy) is 1. The molecule has 8 heteroatoms. The summed E-state index contributed by atoms with van der Waals surface area (Å²) >= 11 is 3.01. The zero-order chi connectivity index (χ0) is 13.6. The van der Waals surface area contributed by atoms with Crippen LogP contribution in [0.4, 0.5) is 0 Å². The second-order valence-electron chi connectivity index (χ2n) is 3.46. The van der Waals surface area contributed by atoms with Crippen LogP contribution in [0.3, 0.4) is 0 Å². The minimum atomic E-state index is -3.62. The van der Waals surface area contributed by atoms with Crippen molar-refractivity contribution < 1.29 is 22.7 Å². The summed E-state index contributed by atoms with van der Waals surface area (Å²) in [5, 5.41) is 8.87. The summed E-state index contributed by atoms with van der Waals surface area (Å²) in [5.41, 5.74) is 0. The van der Waals surface area contributed by atoms with Gasteiger partial charge in [-0.15, -0.1) is 0 Å². The van der Waals surface area contributed by atoms with Gasteiger partial charge in [-0.25, -0.2) is 13.1 Å². The van der Waals surface area contributed by atoms with E-state index in [1.807, 2.05) is 6.92 Å². The molecule has 0 amide bonds. The Morgan fingerprint density at radius 2 is 2.28 bits per heavy atom. The zero-order valence-corrected chi connectivity index (χ0v) is 12.4. The largest absolute Gasteiger partial charge is 0.450 e. The first-order valence-electron chi connectivity index (χ1n) is 5.47. The molecule has 104 valence electrons. The van der Waals surface area contributed by atoms with Crippen molar-refractivity contribution in [2.45, 2.75) is 24.8 Å². The molecule has 0 aliphatic rings. The molecule has 0 aliphatic heterocycles. The molecule has 0 radical (unpaired) electrons. The molecule has 0 aromatic carbocycles. The summed E-state index contributed by atoms with van der Waals surface area (Å²) in [6.45, 7) is 2.93. The van der Waals surface area contributed by atoms with Gasteiger partial charge >= 0.3 is 0 Å². The van der Waals surface area contributed by atoms with E-state index in [1.165, 1.54) is 6.07 Å². The van der Waals surface area contributed by atoms with Crippen LogP contribution in [0.25, 0.3) is 0 Å². The number of rotatable bonds is 8. The maximum Gasteiger partial charge on any atom is 0.244 e. The average Bonchev–Trinajstić information content (AvgIpc) is 2.71. The molecule has 0 atom stereocenters. The van der Waals surface area contributed by atoms with Crippen molar-refractivity contribution in [1.29, 1.82) is 0 Å². The summed E-state index contributed by atoms with van der Waals surface area (Å²) in [6, 6.07) is 1.29. The Kier molecular flexibility index (Phi) is 6.30. The lowest BCUT2D eigenvalue weighted by Gasteiger charge is -2.05. The van der Waals surface area contributed by atoms with Gasteiger partial charge in [-0.3, -0.25) is 0 Å². The molecule has 0 saturated heterocycles. The lowest BCUT2D eigenvalue weighted by molar-refractivity contribution is 0.146. The molecule has 1 aromatic heterocycles. The van der Waals surface area contributed by atoms with E-state index in [0.717, 1.165) is 0 Å². The molecule has 1 heterocycles. The van der Waals surface area contributed by atoms with Crippen molar-refractivity contribution in [2.24, 2.45) is 0 Å². The number of nitrogens with one attached hydrogen (secondary N) is 1. The highest BCUT2D eigenvalue weighted by atomic mass is 79.9. The molecule has 1 aromatic rings. The third-order valence-electron chi connectivity index (χ3n) is 2.11. The smallest absolute Gasteiger partial charge is 0.244 e. The van der Waals surface area contributed by atoms with Crippen molar-refractivity contribution in [3.63, 3.8) is 0 Å². The van der Waals surface area contributed by atoms with Crippen LogP contribution in [-0.4, -0.2) is 33.3 Å². The van der Waals surface area contributed by atoms with Crippen LogP contribution in [-0.2, 0) is 21.4 Å². The number of sulfonamides is 1. The second kappa shape index (κ2) is 7.25. The summed E-state index contributed by atoms with van der Waals surface area (Å²) in [5.74, 6) is 0.191. The minimum absolute atomic E-state index is 0.0111. The molecule has 0 saturated carbocycles. The summed E-state index contributed by atoms with van der Waals surface area (Å²) in [6.07, 6.45) is 0.593. The Morgan fingerprint density at radius 1 is 1.56 bits per heavy atom. The first kappa shape index (κ1) is 15.6. The fraction of sp³-hybridized carbons (Fsp3) is 0.600. The van der Waals surface area contributed by atoms with Gasteiger partial charge in [-0.05, 0) is 29.3 Å². The monoisotopic (exact) mass is 341 g/mol. The van der Waals surface area contributed by atoms with Gasteiger partial charge < -0.3 is 14.3 Å². The van der Waals surface area contributed by atoms with E-state index in [2.05, 4.69) is 20.7 Å². The fourth-order valence-electron chi connectivity index (χ4n) is 1.26. The highest BCUT2D eigenvalue weighted by molar-refractivity contribution is 9.10. The number of hydrogen-bond acceptors (Lipinski definition) is 5. The highest BCUT2D eigenvalue weighted by Crippen LogP contribution is 2.25. The van der Waals surface area contributed by atoms with Gasteiger partial charge in [0, 0.05) is 25.8 Å². The number of hydrogen-bond donors (Lipinski definition) is 2. The third kappa shape index (κ3) is 4.36. The van der Waals surface area contributed by atoms with Crippen LogP contribution in [0.15, 0.2) is 20.0 Å². The van der Waals surface area contributed by atoms with Crippen molar-refractivity contribution in [3.05, 3.63) is 16.5 Å². The van der Waals surface area contributed by atoms with E-state index in [1.54, 1.807) is 0 Å². The van der Waals surface area contributed by atoms with Crippen LogP contribution in [0.1, 0.15) is 19.1 Å². The number of halogens is 1. The van der Waals surface area contributed by atoms with Crippen molar-refractivity contribution >= 4 is 26.0 Å². The highest BCUT2D eigenvalue weighted by Gasteiger charge is 2.21. The molecule has 0 aliphatic carbocycles. The fourth-order valence-corrected chi connectivity index (χ4v) is 3.33. The quantitative estimate of drug-likeness (QED) is 0.694. The van der Waals surface area contributed by atoms with Gasteiger partial charge in [0.2, 0.25) is 10.0 Å². The van der Waals surface area contributed by atoms with Crippen LogP contribution in [0.2, 0.25) is 0 Å². The Balaban J connectivity index is 2.60. The van der Waals surface area contributed by atoms with Gasteiger partial charge in [0.25, 0.3) is 0 Å². The molecule has 0 fully saturated rings.